The minimum Gasteiger partial charge on any atom is -0.481 e. The van der Waals surface area contributed by atoms with Crippen LogP contribution in [0, 0.1) is 5.92 Å². The topological polar surface area (TPSA) is 80.4 Å². The van der Waals surface area contributed by atoms with E-state index in [9.17, 15) is 9.59 Å². The molecule has 0 amide bonds. The van der Waals surface area contributed by atoms with Crippen molar-refractivity contribution in [1.29, 1.82) is 0 Å². The molecule has 0 fully saturated rings. The Morgan fingerprint density at radius 2 is 2.00 bits per heavy atom. The van der Waals surface area contributed by atoms with E-state index in [0.29, 0.717) is 0 Å². The normalized spacial score (nSPS) is 18.1. The quantitative estimate of drug-likeness (QED) is 0.640. The molecule has 1 aliphatic rings. The van der Waals surface area contributed by atoms with Gasteiger partial charge in [-0.15, -0.1) is 0 Å². The van der Waals surface area contributed by atoms with Crippen LogP contribution < -0.4 is 5.73 Å². The maximum Gasteiger partial charge on any atom is 0.305 e. The van der Waals surface area contributed by atoms with E-state index in [1.54, 1.807) is 12.2 Å². The largest absolute Gasteiger partial charge is 0.481 e. The highest BCUT2D eigenvalue weighted by atomic mass is 16.4. The van der Waals surface area contributed by atoms with Gasteiger partial charge in [-0.25, -0.2) is 0 Å². The standard InChI is InChI=1S/C10H13NO3/c11-8(6-9(12)13)10(14)7-4-2-1-3-5-7/h2-5,7-8H,1,6,11H2,(H,12,13)/t8-/m0/s1. The van der Waals surface area contributed by atoms with Gasteiger partial charge in [0, 0.05) is 0 Å². The van der Waals surface area contributed by atoms with Crippen molar-refractivity contribution in [3.63, 3.8) is 0 Å². The molecule has 14 heavy (non-hydrogen) atoms. The molecule has 4 heteroatoms. The van der Waals surface area contributed by atoms with E-state index in [-0.39, 0.29) is 18.1 Å². The van der Waals surface area contributed by atoms with Gasteiger partial charge in [-0.1, -0.05) is 24.3 Å². The molecule has 0 spiro atoms. The minimum absolute atomic E-state index is 0.236. The Kier molecular flexibility index (Phi) is 3.59. The maximum atomic E-state index is 11.5. The number of hydrogen-bond donors (Lipinski definition) is 2. The third kappa shape index (κ3) is 2.81. The molecule has 4 nitrogen and oxygen atoms in total. The van der Waals surface area contributed by atoms with Gasteiger partial charge >= 0.3 is 5.97 Å². The summed E-state index contributed by atoms with van der Waals surface area (Å²) in [6.45, 7) is 0. The lowest BCUT2D eigenvalue weighted by Crippen LogP contribution is -2.36. The first-order valence-corrected chi connectivity index (χ1v) is 4.45. The molecule has 0 aromatic rings. The lowest BCUT2D eigenvalue weighted by Gasteiger charge is -2.14. The summed E-state index contributed by atoms with van der Waals surface area (Å²) >= 11 is 0. The Hall–Kier alpha value is -1.42. The van der Waals surface area contributed by atoms with Crippen molar-refractivity contribution in [3.05, 3.63) is 24.3 Å². The van der Waals surface area contributed by atoms with Gasteiger partial charge in [0.05, 0.1) is 18.4 Å². The first-order valence-electron chi connectivity index (χ1n) is 4.45. The molecule has 0 radical (unpaired) electrons. The predicted molar refractivity (Wildman–Crippen MR) is 51.6 cm³/mol. The second-order valence-electron chi connectivity index (χ2n) is 3.22. The van der Waals surface area contributed by atoms with Crippen LogP contribution in [-0.4, -0.2) is 22.9 Å². The summed E-state index contributed by atoms with van der Waals surface area (Å²) in [6.07, 6.45) is 7.76. The zero-order valence-corrected chi connectivity index (χ0v) is 7.72. The van der Waals surface area contributed by atoms with Gasteiger partial charge in [0.2, 0.25) is 0 Å². The number of Topliss-reactive ketones (excluding diaryl/α,β-unsaturated/α-hetero) is 1. The van der Waals surface area contributed by atoms with Gasteiger partial charge in [0.25, 0.3) is 0 Å². The molecule has 0 aromatic heterocycles. The summed E-state index contributed by atoms with van der Waals surface area (Å²) < 4.78 is 0. The van der Waals surface area contributed by atoms with Crippen LogP contribution >= 0.6 is 0 Å². The Bertz CT molecular complexity index is 282. The van der Waals surface area contributed by atoms with Crippen LogP contribution in [-0.2, 0) is 9.59 Å². The van der Waals surface area contributed by atoms with E-state index in [1.807, 2.05) is 12.2 Å². The first-order chi connectivity index (χ1) is 6.61. The Morgan fingerprint density at radius 1 is 1.43 bits per heavy atom. The SMILES string of the molecule is N[C@@H](CC(=O)O)C(=O)C1C=CCC=C1. The highest BCUT2D eigenvalue weighted by Crippen LogP contribution is 2.12. The Morgan fingerprint density at radius 3 is 2.50 bits per heavy atom. The van der Waals surface area contributed by atoms with Crippen LogP contribution in [0.4, 0.5) is 0 Å². The van der Waals surface area contributed by atoms with E-state index in [0.717, 1.165) is 6.42 Å². The molecule has 0 unspecified atom stereocenters. The number of carbonyl (C=O) groups excluding carboxylic acids is 1. The number of hydrogen-bond acceptors (Lipinski definition) is 3. The molecule has 0 aliphatic heterocycles. The molecule has 0 aromatic carbocycles. The highest BCUT2D eigenvalue weighted by Gasteiger charge is 2.22. The number of carboxylic acids is 1. The van der Waals surface area contributed by atoms with Crippen molar-refractivity contribution in [1.82, 2.24) is 0 Å². The number of allylic oxidation sites excluding steroid dienone is 4. The average molecular weight is 195 g/mol. The second-order valence-corrected chi connectivity index (χ2v) is 3.22. The second kappa shape index (κ2) is 4.72. The van der Waals surface area contributed by atoms with Crippen LogP contribution in [0.3, 0.4) is 0 Å². The monoisotopic (exact) mass is 195 g/mol. The molecule has 76 valence electrons. The van der Waals surface area contributed by atoms with Crippen LogP contribution in [0.5, 0.6) is 0 Å². The Balaban J connectivity index is 2.55. The van der Waals surface area contributed by atoms with E-state index < -0.39 is 12.0 Å². The fourth-order valence-electron chi connectivity index (χ4n) is 1.32. The van der Waals surface area contributed by atoms with Gasteiger partial charge in [-0.3, -0.25) is 9.59 Å². The molecule has 0 bridgehead atoms. The van der Waals surface area contributed by atoms with E-state index in [1.165, 1.54) is 0 Å². The van der Waals surface area contributed by atoms with Crippen molar-refractivity contribution < 1.29 is 14.7 Å². The summed E-state index contributed by atoms with van der Waals surface area (Å²) in [7, 11) is 0. The molecule has 0 heterocycles. The maximum absolute atomic E-state index is 11.5. The van der Waals surface area contributed by atoms with Crippen molar-refractivity contribution in [2.24, 2.45) is 11.7 Å². The number of aliphatic carboxylic acids is 1. The number of rotatable bonds is 4. The van der Waals surface area contributed by atoms with Gasteiger partial charge in [-0.2, -0.15) is 0 Å². The number of nitrogens with two attached hydrogens (primary N) is 1. The zero-order chi connectivity index (χ0) is 10.6. The van der Waals surface area contributed by atoms with Crippen molar-refractivity contribution >= 4 is 11.8 Å². The summed E-state index contributed by atoms with van der Waals surface area (Å²) in [5.41, 5.74) is 5.45. The summed E-state index contributed by atoms with van der Waals surface area (Å²) in [4.78, 5) is 21.9. The number of carbonyl (C=O) groups is 2. The van der Waals surface area contributed by atoms with Crippen LogP contribution in [0.1, 0.15) is 12.8 Å². The molecular formula is C10H13NO3. The van der Waals surface area contributed by atoms with Gasteiger partial charge in [0.15, 0.2) is 5.78 Å². The van der Waals surface area contributed by atoms with Gasteiger partial charge in [0.1, 0.15) is 0 Å². The smallest absolute Gasteiger partial charge is 0.305 e. The van der Waals surface area contributed by atoms with Crippen LogP contribution in [0.25, 0.3) is 0 Å². The Labute approximate surface area is 82.1 Å². The van der Waals surface area contributed by atoms with E-state index >= 15 is 0 Å². The molecular weight excluding hydrogens is 182 g/mol. The lowest BCUT2D eigenvalue weighted by molar-refractivity contribution is -0.139. The zero-order valence-electron chi connectivity index (χ0n) is 7.72. The summed E-state index contributed by atoms with van der Waals surface area (Å²) in [6, 6.07) is -0.912. The first kappa shape index (κ1) is 10.7. The summed E-state index contributed by atoms with van der Waals surface area (Å²) in [5, 5.41) is 8.46. The van der Waals surface area contributed by atoms with E-state index in [2.05, 4.69) is 0 Å². The highest BCUT2D eigenvalue weighted by molar-refractivity contribution is 5.92. The molecule has 1 aliphatic carbocycles. The van der Waals surface area contributed by atoms with Crippen molar-refractivity contribution in [2.75, 3.05) is 0 Å². The summed E-state index contributed by atoms with van der Waals surface area (Å²) in [5.74, 6) is -1.63. The molecule has 0 saturated carbocycles. The predicted octanol–water partition coefficient (Wildman–Crippen LogP) is 0.490. The fraction of sp³-hybridized carbons (Fsp3) is 0.400. The average Bonchev–Trinajstić information content (AvgIpc) is 2.17. The molecule has 1 rings (SSSR count). The minimum atomic E-state index is -1.05. The van der Waals surface area contributed by atoms with Gasteiger partial charge in [-0.05, 0) is 6.42 Å². The third-order valence-corrected chi connectivity index (χ3v) is 2.05. The number of carboxylic acid groups (broad SMARTS) is 1. The fourth-order valence-corrected chi connectivity index (χ4v) is 1.32. The van der Waals surface area contributed by atoms with Gasteiger partial charge < -0.3 is 10.8 Å². The third-order valence-electron chi connectivity index (χ3n) is 2.05. The van der Waals surface area contributed by atoms with Crippen LogP contribution in [0.2, 0.25) is 0 Å². The van der Waals surface area contributed by atoms with Crippen molar-refractivity contribution in [2.45, 2.75) is 18.9 Å². The number of ketones is 1. The van der Waals surface area contributed by atoms with E-state index in [4.69, 9.17) is 10.8 Å². The molecule has 3 N–H and O–H groups in total. The van der Waals surface area contributed by atoms with Crippen molar-refractivity contribution in [3.8, 4) is 0 Å². The van der Waals surface area contributed by atoms with Crippen LogP contribution in [0.15, 0.2) is 24.3 Å². The molecule has 0 saturated heterocycles. The molecule has 1 atom stereocenters. The lowest BCUT2D eigenvalue weighted by atomic mass is 9.93.